The summed E-state index contributed by atoms with van der Waals surface area (Å²) in [5.74, 6) is 2.19. The first-order valence-corrected chi connectivity index (χ1v) is 11.0. The lowest BCUT2D eigenvalue weighted by molar-refractivity contribution is 0.104. The van der Waals surface area contributed by atoms with Gasteiger partial charge in [-0.25, -0.2) is 0 Å². The molecule has 3 aromatic carbocycles. The Morgan fingerprint density at radius 2 is 1.47 bits per heavy atom. The molecule has 5 nitrogen and oxygen atoms in total. The molecule has 0 spiro atoms. The molecule has 0 aliphatic rings. The third-order valence-electron chi connectivity index (χ3n) is 5.22. The van der Waals surface area contributed by atoms with E-state index in [0.717, 1.165) is 16.7 Å². The third kappa shape index (κ3) is 6.00. The Morgan fingerprint density at radius 1 is 0.824 bits per heavy atom. The van der Waals surface area contributed by atoms with E-state index < -0.39 is 0 Å². The first-order valence-electron chi connectivity index (χ1n) is 10.6. The van der Waals surface area contributed by atoms with Crippen LogP contribution in [0, 0.1) is 0 Å². The van der Waals surface area contributed by atoms with Gasteiger partial charge in [-0.15, -0.1) is 0 Å². The third-order valence-corrected chi connectivity index (χ3v) is 5.52. The summed E-state index contributed by atoms with van der Waals surface area (Å²) in [7, 11) is 6.30. The van der Waals surface area contributed by atoms with Crippen molar-refractivity contribution in [1.29, 1.82) is 0 Å². The fraction of sp³-hybridized carbons (Fsp3) is 0.179. The van der Waals surface area contributed by atoms with Crippen molar-refractivity contribution < 1.29 is 23.7 Å². The normalized spacial score (nSPS) is 11.1. The molecule has 0 unspecified atom stereocenters. The number of hydrogen-bond acceptors (Lipinski definition) is 5. The number of methoxy groups -OCH3 is 4. The first-order chi connectivity index (χ1) is 16.5. The quantitative estimate of drug-likeness (QED) is 0.188. The molecule has 0 saturated carbocycles. The van der Waals surface area contributed by atoms with Crippen molar-refractivity contribution in [1.82, 2.24) is 0 Å². The molecule has 6 heteroatoms. The minimum Gasteiger partial charge on any atom is -0.495 e. The van der Waals surface area contributed by atoms with E-state index in [-0.39, 0.29) is 5.78 Å². The van der Waals surface area contributed by atoms with Gasteiger partial charge in [-0.1, -0.05) is 60.2 Å². The van der Waals surface area contributed by atoms with Gasteiger partial charge in [-0.2, -0.15) is 0 Å². The van der Waals surface area contributed by atoms with Crippen LogP contribution < -0.4 is 18.9 Å². The van der Waals surface area contributed by atoms with Gasteiger partial charge in [-0.3, -0.25) is 4.79 Å². The number of carbonyl (C=O) groups excluding carboxylic acids is 1. The molecular weight excluding hydrogens is 452 g/mol. The highest BCUT2D eigenvalue weighted by Crippen LogP contribution is 2.39. The second-order valence-electron chi connectivity index (χ2n) is 7.31. The molecule has 176 valence electrons. The van der Waals surface area contributed by atoms with Crippen LogP contribution in [0.4, 0.5) is 0 Å². The van der Waals surface area contributed by atoms with Crippen LogP contribution in [0.2, 0.25) is 5.02 Å². The number of benzene rings is 3. The fourth-order valence-corrected chi connectivity index (χ4v) is 3.72. The monoisotopic (exact) mass is 478 g/mol. The largest absolute Gasteiger partial charge is 0.495 e. The second kappa shape index (κ2) is 12.0. The van der Waals surface area contributed by atoms with Gasteiger partial charge in [0.05, 0.1) is 33.5 Å². The summed E-state index contributed by atoms with van der Waals surface area (Å²) in [5.41, 5.74) is 3.37. The first kappa shape index (κ1) is 24.9. The summed E-state index contributed by atoms with van der Waals surface area (Å²) >= 11 is 6.40. The van der Waals surface area contributed by atoms with E-state index >= 15 is 0 Å². The average molecular weight is 479 g/mol. The molecule has 0 bridgehead atoms. The molecule has 0 saturated heterocycles. The summed E-state index contributed by atoms with van der Waals surface area (Å²) in [6.07, 6.45) is 7.85. The summed E-state index contributed by atoms with van der Waals surface area (Å²) < 4.78 is 21.7. The zero-order chi connectivity index (χ0) is 24.5. The van der Waals surface area contributed by atoms with Gasteiger partial charge in [0.25, 0.3) is 0 Å². The maximum absolute atomic E-state index is 12.4. The van der Waals surface area contributed by atoms with Gasteiger partial charge in [0, 0.05) is 5.56 Å². The van der Waals surface area contributed by atoms with Crippen LogP contribution in [0.25, 0.3) is 12.2 Å². The zero-order valence-electron chi connectivity index (χ0n) is 19.6. The molecule has 3 aromatic rings. The molecule has 3 rings (SSSR count). The maximum atomic E-state index is 12.4. The number of allylic oxidation sites excluding steroid dienone is 2. The van der Waals surface area contributed by atoms with Crippen molar-refractivity contribution in [3.8, 4) is 23.0 Å². The summed E-state index contributed by atoms with van der Waals surface area (Å²) in [6.45, 7) is 0. The van der Waals surface area contributed by atoms with Crippen LogP contribution in [0.3, 0.4) is 0 Å². The molecular formula is C28H27ClO5. The predicted molar refractivity (Wildman–Crippen MR) is 137 cm³/mol. The van der Waals surface area contributed by atoms with Crippen molar-refractivity contribution in [2.45, 2.75) is 6.42 Å². The molecule has 34 heavy (non-hydrogen) atoms. The Labute approximate surface area is 205 Å². The summed E-state index contributed by atoms with van der Waals surface area (Å²) in [6, 6.07) is 16.6. The number of carbonyl (C=O) groups is 1. The van der Waals surface area contributed by atoms with E-state index in [4.69, 9.17) is 30.5 Å². The van der Waals surface area contributed by atoms with E-state index in [1.165, 1.54) is 0 Å². The van der Waals surface area contributed by atoms with Gasteiger partial charge >= 0.3 is 0 Å². The molecule has 0 amide bonds. The van der Waals surface area contributed by atoms with Gasteiger partial charge in [0.2, 0.25) is 5.75 Å². The number of hydrogen-bond donors (Lipinski definition) is 0. The van der Waals surface area contributed by atoms with Gasteiger partial charge in [0.15, 0.2) is 17.3 Å². The SMILES string of the molecule is COc1cc(C/C=C\C(=O)c2ccccc2)c(/C=C\c2cc(OC)c(OC)c(OC)c2)cc1Cl. The van der Waals surface area contributed by atoms with Crippen LogP contribution >= 0.6 is 11.6 Å². The minimum absolute atomic E-state index is 0.0453. The van der Waals surface area contributed by atoms with Crippen molar-refractivity contribution in [3.63, 3.8) is 0 Å². The van der Waals surface area contributed by atoms with E-state index in [1.54, 1.807) is 46.6 Å². The van der Waals surface area contributed by atoms with Crippen LogP contribution in [0.1, 0.15) is 27.0 Å². The maximum Gasteiger partial charge on any atom is 0.203 e. The molecule has 0 aromatic heterocycles. The van der Waals surface area contributed by atoms with E-state index in [9.17, 15) is 4.79 Å². The van der Waals surface area contributed by atoms with Crippen molar-refractivity contribution in [3.05, 3.63) is 94.0 Å². The summed E-state index contributed by atoms with van der Waals surface area (Å²) in [4.78, 5) is 12.4. The van der Waals surface area contributed by atoms with Gasteiger partial charge < -0.3 is 18.9 Å². The molecule has 0 atom stereocenters. The number of halogens is 1. The Kier molecular flexibility index (Phi) is 8.77. The average Bonchev–Trinajstić information content (AvgIpc) is 2.87. The van der Waals surface area contributed by atoms with E-state index in [2.05, 4.69) is 0 Å². The molecule has 0 heterocycles. The Morgan fingerprint density at radius 3 is 2.06 bits per heavy atom. The molecule has 0 radical (unpaired) electrons. The molecule has 0 fully saturated rings. The number of ether oxygens (including phenoxy) is 4. The van der Waals surface area contributed by atoms with Crippen LogP contribution in [0.5, 0.6) is 23.0 Å². The second-order valence-corrected chi connectivity index (χ2v) is 7.72. The highest BCUT2D eigenvalue weighted by Gasteiger charge is 2.12. The smallest absolute Gasteiger partial charge is 0.203 e. The highest BCUT2D eigenvalue weighted by atomic mass is 35.5. The van der Waals surface area contributed by atoms with E-state index in [0.29, 0.717) is 40.0 Å². The van der Waals surface area contributed by atoms with Crippen LogP contribution in [0.15, 0.2) is 66.7 Å². The lowest BCUT2D eigenvalue weighted by Gasteiger charge is -2.13. The van der Waals surface area contributed by atoms with E-state index in [1.807, 2.05) is 60.7 Å². The Hall–Kier alpha value is -3.70. The van der Waals surface area contributed by atoms with Crippen LogP contribution in [-0.2, 0) is 6.42 Å². The number of rotatable bonds is 10. The summed E-state index contributed by atoms with van der Waals surface area (Å²) in [5, 5.41) is 0.500. The molecule has 0 aliphatic carbocycles. The van der Waals surface area contributed by atoms with Crippen molar-refractivity contribution >= 4 is 29.5 Å². The lowest BCUT2D eigenvalue weighted by Crippen LogP contribution is -1.96. The topological polar surface area (TPSA) is 54.0 Å². The molecule has 0 aliphatic heterocycles. The Bertz CT molecular complexity index is 1170. The van der Waals surface area contributed by atoms with Crippen molar-refractivity contribution in [2.24, 2.45) is 0 Å². The Balaban J connectivity index is 1.91. The van der Waals surface area contributed by atoms with Gasteiger partial charge in [0.1, 0.15) is 5.75 Å². The zero-order valence-corrected chi connectivity index (χ0v) is 20.4. The predicted octanol–water partition coefficient (Wildman–Crippen LogP) is 6.53. The highest BCUT2D eigenvalue weighted by molar-refractivity contribution is 6.32. The lowest BCUT2D eigenvalue weighted by atomic mass is 10.0. The molecule has 0 N–H and O–H groups in total. The van der Waals surface area contributed by atoms with Gasteiger partial charge in [-0.05, 0) is 53.5 Å². The standard InChI is InChI=1S/C28H27ClO5/c1-31-25-18-21(11-8-12-24(30)20-9-6-5-7-10-20)22(17-23(25)29)14-13-19-15-26(32-2)28(34-4)27(16-19)33-3/h5-10,12-18H,11H2,1-4H3/b12-8-,14-13-. The fourth-order valence-electron chi connectivity index (χ4n) is 3.47. The minimum atomic E-state index is -0.0453. The number of ketones is 1. The van der Waals surface area contributed by atoms with Crippen molar-refractivity contribution in [2.75, 3.05) is 28.4 Å². The van der Waals surface area contributed by atoms with Crippen LogP contribution in [-0.4, -0.2) is 34.2 Å².